The number of amides is 1. The van der Waals surface area contributed by atoms with Crippen molar-refractivity contribution in [2.75, 3.05) is 19.1 Å². The predicted octanol–water partition coefficient (Wildman–Crippen LogP) is 3.92. The Morgan fingerprint density at radius 1 is 1.17 bits per heavy atom. The topological polar surface area (TPSA) is 116 Å². The van der Waals surface area contributed by atoms with E-state index in [-0.39, 0.29) is 22.7 Å². The number of aromatic nitrogens is 1. The number of non-ortho nitro benzene ring substituents is 1. The summed E-state index contributed by atoms with van der Waals surface area (Å²) in [5, 5.41) is 11.2. The lowest BCUT2D eigenvalue weighted by Crippen LogP contribution is -2.26. The number of nitrogens with zero attached hydrogens (tertiary/aromatic N) is 3. The molecule has 0 fully saturated rings. The van der Waals surface area contributed by atoms with Gasteiger partial charge in [0, 0.05) is 36.3 Å². The molecule has 0 atom stereocenters. The van der Waals surface area contributed by atoms with E-state index in [2.05, 4.69) is 9.72 Å². The van der Waals surface area contributed by atoms with Gasteiger partial charge in [0.2, 0.25) is 0 Å². The molecule has 1 amide bonds. The molecule has 29 heavy (non-hydrogen) atoms. The highest BCUT2D eigenvalue weighted by Gasteiger charge is 2.22. The maximum absolute atomic E-state index is 12.9. The number of rotatable bonds is 5. The van der Waals surface area contributed by atoms with E-state index in [4.69, 9.17) is 4.42 Å². The fourth-order valence-corrected chi connectivity index (χ4v) is 2.78. The SMILES string of the molecule is COC(=O)c1cc(C(=O)N(C)c2ccc3oc(C(C)C)nc3c2)cc([N+](=O)[O-])c1. The first-order valence-electron chi connectivity index (χ1n) is 8.77. The van der Waals surface area contributed by atoms with Gasteiger partial charge in [-0.05, 0) is 24.3 Å². The third-order valence-electron chi connectivity index (χ3n) is 4.37. The van der Waals surface area contributed by atoms with E-state index in [0.29, 0.717) is 22.7 Å². The van der Waals surface area contributed by atoms with E-state index in [0.717, 1.165) is 19.2 Å². The number of oxazole rings is 1. The molecule has 1 aromatic heterocycles. The van der Waals surface area contributed by atoms with Gasteiger partial charge >= 0.3 is 5.97 Å². The Morgan fingerprint density at radius 3 is 2.48 bits per heavy atom. The summed E-state index contributed by atoms with van der Waals surface area (Å²) in [5.41, 5.74) is 1.26. The molecule has 2 aromatic carbocycles. The third kappa shape index (κ3) is 3.93. The Morgan fingerprint density at radius 2 is 1.86 bits per heavy atom. The highest BCUT2D eigenvalue weighted by Crippen LogP contribution is 2.27. The van der Waals surface area contributed by atoms with Crippen LogP contribution in [-0.4, -0.2) is 35.9 Å². The van der Waals surface area contributed by atoms with E-state index in [1.54, 1.807) is 18.2 Å². The normalized spacial score (nSPS) is 10.9. The van der Waals surface area contributed by atoms with Crippen molar-refractivity contribution in [1.82, 2.24) is 4.98 Å². The molecule has 9 heteroatoms. The van der Waals surface area contributed by atoms with Gasteiger partial charge in [0.25, 0.3) is 11.6 Å². The van der Waals surface area contributed by atoms with Crippen LogP contribution in [0.2, 0.25) is 0 Å². The van der Waals surface area contributed by atoms with Gasteiger partial charge in [-0.2, -0.15) is 0 Å². The summed E-state index contributed by atoms with van der Waals surface area (Å²) in [6, 6.07) is 8.55. The zero-order chi connectivity index (χ0) is 21.3. The van der Waals surface area contributed by atoms with Gasteiger partial charge in [-0.25, -0.2) is 9.78 Å². The maximum atomic E-state index is 12.9. The first-order valence-corrected chi connectivity index (χ1v) is 8.77. The standard InChI is InChI=1S/C20H19N3O6/c1-11(2)18-21-16-10-14(5-6-17(16)29-18)22(3)19(24)12-7-13(20(25)28-4)9-15(8-12)23(26)27/h5-11H,1-4H3. The summed E-state index contributed by atoms with van der Waals surface area (Å²) in [7, 11) is 2.69. The van der Waals surface area contributed by atoms with Crippen molar-refractivity contribution in [3.05, 3.63) is 63.5 Å². The number of hydrogen-bond donors (Lipinski definition) is 0. The molecule has 0 radical (unpaired) electrons. The van der Waals surface area contributed by atoms with Crippen LogP contribution in [0, 0.1) is 10.1 Å². The van der Waals surface area contributed by atoms with Crippen molar-refractivity contribution in [2.45, 2.75) is 19.8 Å². The van der Waals surface area contributed by atoms with Crippen LogP contribution in [0.15, 0.2) is 40.8 Å². The van der Waals surface area contributed by atoms with Crippen molar-refractivity contribution < 1.29 is 23.7 Å². The average molecular weight is 397 g/mol. The summed E-state index contributed by atoms with van der Waals surface area (Å²) >= 11 is 0. The number of carbonyl (C=O) groups excluding carboxylic acids is 2. The summed E-state index contributed by atoms with van der Waals surface area (Å²) < 4.78 is 10.3. The molecule has 3 rings (SSSR count). The first-order chi connectivity index (χ1) is 13.7. The molecular formula is C20H19N3O6. The van der Waals surface area contributed by atoms with Crippen LogP contribution in [0.25, 0.3) is 11.1 Å². The maximum Gasteiger partial charge on any atom is 0.338 e. The number of benzene rings is 2. The summed E-state index contributed by atoms with van der Waals surface area (Å²) in [5.74, 6) is -0.583. The average Bonchev–Trinajstić information content (AvgIpc) is 3.15. The second-order valence-electron chi connectivity index (χ2n) is 6.74. The summed E-state index contributed by atoms with van der Waals surface area (Å²) in [6.07, 6.45) is 0. The Kier molecular flexibility index (Phi) is 5.31. The van der Waals surface area contributed by atoms with Crippen LogP contribution in [0.1, 0.15) is 46.4 Å². The third-order valence-corrected chi connectivity index (χ3v) is 4.37. The van der Waals surface area contributed by atoms with Crippen LogP contribution in [0.4, 0.5) is 11.4 Å². The molecule has 1 heterocycles. The highest BCUT2D eigenvalue weighted by atomic mass is 16.6. The molecular weight excluding hydrogens is 378 g/mol. The van der Waals surface area contributed by atoms with Gasteiger partial charge < -0.3 is 14.1 Å². The molecule has 0 aliphatic heterocycles. The van der Waals surface area contributed by atoms with Gasteiger partial charge in [-0.15, -0.1) is 0 Å². The summed E-state index contributed by atoms with van der Waals surface area (Å²) in [6.45, 7) is 3.92. The molecule has 0 spiro atoms. The zero-order valence-electron chi connectivity index (χ0n) is 16.3. The molecule has 0 bridgehead atoms. The monoisotopic (exact) mass is 397 g/mol. The zero-order valence-corrected chi connectivity index (χ0v) is 16.3. The number of methoxy groups -OCH3 is 1. The van der Waals surface area contributed by atoms with E-state index in [1.807, 2.05) is 13.8 Å². The van der Waals surface area contributed by atoms with Crippen molar-refractivity contribution in [3.63, 3.8) is 0 Å². The van der Waals surface area contributed by atoms with E-state index >= 15 is 0 Å². The second-order valence-corrected chi connectivity index (χ2v) is 6.74. The minimum Gasteiger partial charge on any atom is -0.465 e. The number of fused-ring (bicyclic) bond motifs is 1. The molecule has 0 saturated heterocycles. The molecule has 150 valence electrons. The van der Waals surface area contributed by atoms with Crippen molar-refractivity contribution >= 4 is 34.4 Å². The molecule has 0 N–H and O–H groups in total. The van der Waals surface area contributed by atoms with Crippen LogP contribution in [0.3, 0.4) is 0 Å². The van der Waals surface area contributed by atoms with Gasteiger partial charge in [0.05, 0.1) is 17.6 Å². The fraction of sp³-hybridized carbons (Fsp3) is 0.250. The largest absolute Gasteiger partial charge is 0.465 e. The Balaban J connectivity index is 1.99. The fourth-order valence-electron chi connectivity index (χ4n) is 2.78. The number of esters is 1. The van der Waals surface area contributed by atoms with Gasteiger partial charge in [-0.1, -0.05) is 13.8 Å². The van der Waals surface area contributed by atoms with Crippen LogP contribution >= 0.6 is 0 Å². The van der Waals surface area contributed by atoms with E-state index < -0.39 is 16.8 Å². The van der Waals surface area contributed by atoms with Crippen molar-refractivity contribution in [2.24, 2.45) is 0 Å². The number of hydrogen-bond acceptors (Lipinski definition) is 7. The molecule has 3 aromatic rings. The van der Waals surface area contributed by atoms with E-state index in [1.165, 1.54) is 18.0 Å². The molecule has 0 saturated carbocycles. The number of ether oxygens (including phenoxy) is 1. The summed E-state index contributed by atoms with van der Waals surface area (Å²) in [4.78, 5) is 41.0. The van der Waals surface area contributed by atoms with Gasteiger partial charge in [0.15, 0.2) is 11.5 Å². The van der Waals surface area contributed by atoms with Crippen LogP contribution in [0.5, 0.6) is 0 Å². The van der Waals surface area contributed by atoms with Crippen LogP contribution < -0.4 is 4.90 Å². The highest BCUT2D eigenvalue weighted by molar-refractivity contribution is 6.08. The minimum atomic E-state index is -0.768. The Labute approximate surface area is 166 Å². The number of nitro benzene ring substituents is 1. The molecule has 0 aliphatic carbocycles. The lowest BCUT2D eigenvalue weighted by atomic mass is 10.1. The lowest BCUT2D eigenvalue weighted by molar-refractivity contribution is -0.384. The van der Waals surface area contributed by atoms with Gasteiger partial charge in [0.1, 0.15) is 5.52 Å². The first kappa shape index (κ1) is 20.0. The number of nitro groups is 1. The Hall–Kier alpha value is -3.75. The van der Waals surface area contributed by atoms with Crippen molar-refractivity contribution in [3.8, 4) is 0 Å². The quantitative estimate of drug-likeness (QED) is 0.364. The molecule has 9 nitrogen and oxygen atoms in total. The minimum absolute atomic E-state index is 0.00906. The predicted molar refractivity (Wildman–Crippen MR) is 105 cm³/mol. The Bertz CT molecular complexity index is 1120. The van der Waals surface area contributed by atoms with Gasteiger partial charge in [-0.3, -0.25) is 14.9 Å². The molecule has 0 unspecified atom stereocenters. The lowest BCUT2D eigenvalue weighted by Gasteiger charge is -2.17. The smallest absolute Gasteiger partial charge is 0.338 e. The number of anilines is 1. The number of carbonyl (C=O) groups is 2. The second kappa shape index (κ2) is 7.70. The van der Waals surface area contributed by atoms with Crippen molar-refractivity contribution in [1.29, 1.82) is 0 Å². The molecule has 0 aliphatic rings. The van der Waals surface area contributed by atoms with Crippen LogP contribution in [-0.2, 0) is 4.74 Å². The van der Waals surface area contributed by atoms with E-state index in [9.17, 15) is 19.7 Å².